The Bertz CT molecular complexity index is 264. The Labute approximate surface area is 65.1 Å². The topological polar surface area (TPSA) is 54.0 Å². The summed E-state index contributed by atoms with van der Waals surface area (Å²) in [5.41, 5.74) is 7.65. The second kappa shape index (κ2) is 2.08. The summed E-state index contributed by atoms with van der Waals surface area (Å²) in [6, 6.07) is 0.171. The Hall–Kier alpha value is -1.32. The van der Waals surface area contributed by atoms with Crippen molar-refractivity contribution < 1.29 is 0 Å². The van der Waals surface area contributed by atoms with Gasteiger partial charge in [-0.1, -0.05) is 5.22 Å². The Balaban J connectivity index is 2.31. The fourth-order valence-corrected chi connectivity index (χ4v) is 1.31. The van der Waals surface area contributed by atoms with Crippen LogP contribution in [0.1, 0.15) is 6.42 Å². The van der Waals surface area contributed by atoms with Crippen LogP contribution in [0.4, 0.5) is 0 Å². The smallest absolute Gasteiger partial charge is 0.120 e. The van der Waals surface area contributed by atoms with Crippen LogP contribution in [0.5, 0.6) is 0 Å². The van der Waals surface area contributed by atoms with Crippen LogP contribution < -0.4 is 5.73 Å². The van der Waals surface area contributed by atoms with Gasteiger partial charge in [0.1, 0.15) is 6.04 Å². The van der Waals surface area contributed by atoms with Crippen molar-refractivity contribution >= 4 is 0 Å². The predicted octanol–water partition coefficient (Wildman–Crippen LogP) is 0.798. The summed E-state index contributed by atoms with van der Waals surface area (Å²) in [7, 11) is 1.89. The maximum absolute atomic E-state index is 5.63. The monoisotopic (exact) mass is 150 g/mol. The number of hydrogen-bond acceptors (Lipinski definition) is 4. The Kier molecular flexibility index (Phi) is 1.21. The first kappa shape index (κ1) is 6.39. The second-order valence-electron chi connectivity index (χ2n) is 2.78. The summed E-state index contributed by atoms with van der Waals surface area (Å²) in [5, 5.41) is 9.75. The Morgan fingerprint density at radius 1 is 1.64 bits per heavy atom. The van der Waals surface area contributed by atoms with Crippen molar-refractivity contribution in [3.05, 3.63) is 23.5 Å². The van der Waals surface area contributed by atoms with E-state index in [1.165, 1.54) is 0 Å². The summed E-state index contributed by atoms with van der Waals surface area (Å²) >= 11 is 0. The minimum Gasteiger partial charge on any atom is -0.402 e. The van der Waals surface area contributed by atoms with Gasteiger partial charge in [0, 0.05) is 19.2 Å². The lowest BCUT2D eigenvalue weighted by atomic mass is 10.0. The van der Waals surface area contributed by atoms with Crippen molar-refractivity contribution in [2.45, 2.75) is 12.5 Å². The van der Waals surface area contributed by atoms with E-state index in [2.05, 4.69) is 10.3 Å². The number of nitrogens with two attached hydrogens (primary N) is 1. The largest absolute Gasteiger partial charge is 0.402 e. The average Bonchev–Trinajstić information content (AvgIpc) is 2.32. The summed E-state index contributed by atoms with van der Waals surface area (Å²) in [6.07, 6.45) is 4.70. The van der Waals surface area contributed by atoms with Gasteiger partial charge in [-0.15, -0.1) is 0 Å². The lowest BCUT2D eigenvalue weighted by molar-refractivity contribution is 0.450. The zero-order chi connectivity index (χ0) is 7.84. The Morgan fingerprint density at radius 2 is 2.45 bits per heavy atom. The number of fused-ring (bicyclic) bond motifs is 1. The van der Waals surface area contributed by atoms with Crippen LogP contribution in [0.15, 0.2) is 33.9 Å². The molecule has 1 heterocycles. The van der Waals surface area contributed by atoms with E-state index in [0.29, 0.717) is 0 Å². The molecule has 1 aliphatic carbocycles. The molecule has 0 saturated carbocycles. The van der Waals surface area contributed by atoms with Gasteiger partial charge < -0.3 is 5.73 Å². The summed E-state index contributed by atoms with van der Waals surface area (Å²) in [4.78, 5) is 0. The quantitative estimate of drug-likeness (QED) is 0.555. The summed E-state index contributed by atoms with van der Waals surface area (Å²) < 4.78 is 0. The van der Waals surface area contributed by atoms with Crippen molar-refractivity contribution in [1.29, 1.82) is 0 Å². The first-order valence-corrected chi connectivity index (χ1v) is 3.58. The van der Waals surface area contributed by atoms with Crippen molar-refractivity contribution in [3.8, 4) is 0 Å². The lowest BCUT2D eigenvalue weighted by Gasteiger charge is -2.16. The van der Waals surface area contributed by atoms with E-state index in [1.807, 2.05) is 19.2 Å². The van der Waals surface area contributed by atoms with E-state index in [4.69, 9.17) is 5.73 Å². The minimum absolute atomic E-state index is 0.171. The number of nitrogens with zero attached hydrogens (tertiary/aromatic N) is 3. The van der Waals surface area contributed by atoms with E-state index in [9.17, 15) is 0 Å². The fraction of sp³-hybridized carbons (Fsp3) is 0.429. The van der Waals surface area contributed by atoms with Crippen molar-refractivity contribution in [2.75, 3.05) is 7.05 Å². The van der Waals surface area contributed by atoms with Gasteiger partial charge >= 0.3 is 0 Å². The molecular formula is C7H10N4. The minimum atomic E-state index is 0.171. The molecule has 0 fully saturated rings. The van der Waals surface area contributed by atoms with Crippen LogP contribution in [0, 0.1) is 0 Å². The van der Waals surface area contributed by atoms with Gasteiger partial charge in [-0.25, -0.2) is 0 Å². The van der Waals surface area contributed by atoms with Crippen molar-refractivity contribution in [2.24, 2.45) is 16.1 Å². The number of likely N-dealkylation sites (N-methyl/N-ethyl adjacent to an activating group) is 1. The summed E-state index contributed by atoms with van der Waals surface area (Å²) in [5.74, 6) is 0. The predicted molar refractivity (Wildman–Crippen MR) is 41.4 cm³/mol. The molecule has 0 unspecified atom stereocenters. The molecule has 2 rings (SSSR count). The highest BCUT2D eigenvalue weighted by atomic mass is 15.6. The third-order valence-electron chi connectivity index (χ3n) is 1.94. The van der Waals surface area contributed by atoms with Crippen LogP contribution in [-0.2, 0) is 0 Å². The third-order valence-corrected chi connectivity index (χ3v) is 1.94. The second-order valence-corrected chi connectivity index (χ2v) is 2.78. The zero-order valence-electron chi connectivity index (χ0n) is 6.36. The van der Waals surface area contributed by atoms with Crippen molar-refractivity contribution in [3.63, 3.8) is 0 Å². The van der Waals surface area contributed by atoms with Crippen LogP contribution >= 0.6 is 0 Å². The molecule has 58 valence electrons. The van der Waals surface area contributed by atoms with Crippen LogP contribution in [0.3, 0.4) is 0 Å². The number of allylic oxidation sites excluding steroid dienone is 2. The zero-order valence-corrected chi connectivity index (χ0v) is 6.36. The third kappa shape index (κ3) is 0.906. The molecule has 0 aromatic carbocycles. The van der Waals surface area contributed by atoms with E-state index in [-0.39, 0.29) is 6.04 Å². The molecule has 0 saturated heterocycles. The molecule has 4 nitrogen and oxygen atoms in total. The van der Waals surface area contributed by atoms with Gasteiger partial charge in [0.25, 0.3) is 0 Å². The molecule has 2 N–H and O–H groups in total. The Morgan fingerprint density at radius 3 is 3.27 bits per heavy atom. The van der Waals surface area contributed by atoms with Crippen molar-refractivity contribution in [1.82, 2.24) is 5.01 Å². The van der Waals surface area contributed by atoms with Gasteiger partial charge in [-0.05, 0) is 12.2 Å². The van der Waals surface area contributed by atoms with Gasteiger partial charge in [0.05, 0.1) is 5.70 Å². The highest BCUT2D eigenvalue weighted by Crippen LogP contribution is 2.26. The molecule has 4 heteroatoms. The maximum Gasteiger partial charge on any atom is 0.120 e. The SMILES string of the molecule is CN1N=N[C@@H]2CC(N)=CC=C21. The normalized spacial score (nSPS) is 28.1. The van der Waals surface area contributed by atoms with Crippen LogP contribution in [0.25, 0.3) is 0 Å². The molecule has 0 radical (unpaired) electrons. The number of rotatable bonds is 0. The molecule has 0 amide bonds. The summed E-state index contributed by atoms with van der Waals surface area (Å²) in [6.45, 7) is 0. The average molecular weight is 150 g/mol. The van der Waals surface area contributed by atoms with Gasteiger partial charge in [0.15, 0.2) is 0 Å². The molecular weight excluding hydrogens is 140 g/mol. The standard InChI is InChI=1S/C7H10N4/c1-11-7-3-2-5(8)4-6(7)9-10-11/h2-3,6H,4,8H2,1H3/t6-/m1/s1. The molecule has 0 aromatic heterocycles. The van der Waals surface area contributed by atoms with Crippen LogP contribution in [0.2, 0.25) is 0 Å². The molecule has 1 atom stereocenters. The number of hydrogen-bond donors (Lipinski definition) is 1. The molecule has 0 bridgehead atoms. The lowest BCUT2D eigenvalue weighted by Crippen LogP contribution is -2.19. The molecule has 0 spiro atoms. The maximum atomic E-state index is 5.63. The first-order chi connectivity index (χ1) is 5.27. The molecule has 11 heavy (non-hydrogen) atoms. The molecule has 2 aliphatic rings. The fourth-order valence-electron chi connectivity index (χ4n) is 1.31. The van der Waals surface area contributed by atoms with E-state index < -0.39 is 0 Å². The first-order valence-electron chi connectivity index (χ1n) is 3.58. The van der Waals surface area contributed by atoms with E-state index >= 15 is 0 Å². The van der Waals surface area contributed by atoms with E-state index in [1.54, 1.807) is 5.01 Å². The molecule has 0 aromatic rings. The van der Waals surface area contributed by atoms with Gasteiger partial charge in [-0.2, -0.15) is 5.11 Å². The van der Waals surface area contributed by atoms with Gasteiger partial charge in [0.2, 0.25) is 0 Å². The van der Waals surface area contributed by atoms with Gasteiger partial charge in [-0.3, -0.25) is 5.01 Å². The highest BCUT2D eigenvalue weighted by Gasteiger charge is 2.25. The van der Waals surface area contributed by atoms with E-state index in [0.717, 1.165) is 17.8 Å². The molecule has 1 aliphatic heterocycles. The highest BCUT2D eigenvalue weighted by molar-refractivity contribution is 5.27. The van der Waals surface area contributed by atoms with Crippen LogP contribution in [-0.4, -0.2) is 18.1 Å².